The van der Waals surface area contributed by atoms with Crippen molar-refractivity contribution >= 4 is 17.5 Å². The number of aromatic nitrogens is 2. The molecule has 2 aromatic rings. The number of hydrogen-bond donors (Lipinski definition) is 2. The smallest absolute Gasteiger partial charge is 0.310 e. The van der Waals surface area contributed by atoms with Gasteiger partial charge in [-0.1, -0.05) is 0 Å². The van der Waals surface area contributed by atoms with E-state index in [2.05, 4.69) is 10.3 Å². The predicted molar refractivity (Wildman–Crippen MR) is 79.9 cm³/mol. The highest BCUT2D eigenvalue weighted by atomic mass is 16.4. The molecule has 7 heteroatoms. The summed E-state index contributed by atoms with van der Waals surface area (Å²) in [6.07, 6.45) is 2.76. The van der Waals surface area contributed by atoms with Crippen LogP contribution < -0.4 is 10.9 Å². The van der Waals surface area contributed by atoms with Crippen molar-refractivity contribution in [1.82, 2.24) is 14.7 Å². The lowest BCUT2D eigenvalue weighted by atomic mass is 9.94. The number of aryl methyl sites for hydroxylation is 1. The van der Waals surface area contributed by atoms with Crippen molar-refractivity contribution in [3.8, 4) is 0 Å². The Morgan fingerprint density at radius 2 is 2.09 bits per heavy atom. The normalized spacial score (nSPS) is 11.4. The molecule has 0 aliphatic heterocycles. The minimum atomic E-state index is -1.12. The second-order valence-electron chi connectivity index (χ2n) is 5.78. The van der Waals surface area contributed by atoms with Crippen LogP contribution in [0.4, 0.5) is 0 Å². The molecular formula is C15H17N3O4. The Kier molecular flexibility index (Phi) is 3.99. The van der Waals surface area contributed by atoms with Gasteiger partial charge in [-0.2, -0.15) is 0 Å². The summed E-state index contributed by atoms with van der Waals surface area (Å²) in [6.45, 7) is 4.77. The van der Waals surface area contributed by atoms with Crippen LogP contribution in [0.2, 0.25) is 0 Å². The van der Waals surface area contributed by atoms with Gasteiger partial charge < -0.3 is 10.4 Å². The molecule has 0 atom stereocenters. The van der Waals surface area contributed by atoms with E-state index in [1.165, 1.54) is 24.4 Å². The van der Waals surface area contributed by atoms with Gasteiger partial charge in [0, 0.05) is 18.9 Å². The maximum absolute atomic E-state index is 12.3. The Morgan fingerprint density at radius 1 is 1.41 bits per heavy atom. The first kappa shape index (κ1) is 15.7. The third-order valence-corrected chi connectivity index (χ3v) is 3.38. The highest BCUT2D eigenvalue weighted by molar-refractivity contribution is 5.94. The van der Waals surface area contributed by atoms with E-state index >= 15 is 0 Å². The summed E-state index contributed by atoms with van der Waals surface area (Å²) in [5, 5.41) is 11.5. The summed E-state index contributed by atoms with van der Waals surface area (Å²) < 4.78 is 1.28. The predicted octanol–water partition coefficient (Wildman–Crippen LogP) is 0.844. The highest BCUT2D eigenvalue weighted by Gasteiger charge is 2.28. The van der Waals surface area contributed by atoms with E-state index in [-0.39, 0.29) is 12.1 Å². The number of fused-ring (bicyclic) bond motifs is 1. The number of hydrogen-bond acceptors (Lipinski definition) is 4. The number of carboxylic acids is 1. The number of pyridine rings is 1. The lowest BCUT2D eigenvalue weighted by Crippen LogP contribution is -2.40. The van der Waals surface area contributed by atoms with Crippen LogP contribution in [0.5, 0.6) is 0 Å². The van der Waals surface area contributed by atoms with Crippen molar-refractivity contribution < 1.29 is 14.7 Å². The number of carboxylic acid groups (broad SMARTS) is 1. The molecule has 0 saturated carbocycles. The van der Waals surface area contributed by atoms with Gasteiger partial charge in [0.2, 0.25) is 0 Å². The molecule has 0 fully saturated rings. The minimum Gasteiger partial charge on any atom is -0.481 e. The second kappa shape index (κ2) is 5.59. The third kappa shape index (κ3) is 2.98. The van der Waals surface area contributed by atoms with Crippen LogP contribution in [0.25, 0.3) is 5.65 Å². The monoisotopic (exact) mass is 303 g/mol. The average molecular weight is 303 g/mol. The first-order valence-electron chi connectivity index (χ1n) is 6.72. The first-order chi connectivity index (χ1) is 10.2. The van der Waals surface area contributed by atoms with Crippen LogP contribution >= 0.6 is 0 Å². The van der Waals surface area contributed by atoms with E-state index in [1.807, 2.05) is 6.92 Å². The molecule has 2 rings (SSSR count). The van der Waals surface area contributed by atoms with Crippen molar-refractivity contribution in [2.45, 2.75) is 20.8 Å². The van der Waals surface area contributed by atoms with Crippen LogP contribution in [-0.2, 0) is 4.79 Å². The third-order valence-electron chi connectivity index (χ3n) is 3.38. The van der Waals surface area contributed by atoms with Crippen molar-refractivity contribution in [1.29, 1.82) is 0 Å². The molecule has 116 valence electrons. The molecule has 0 aromatic carbocycles. The molecule has 1 amide bonds. The molecule has 0 radical (unpaired) electrons. The van der Waals surface area contributed by atoms with Crippen LogP contribution in [0.15, 0.2) is 29.3 Å². The molecule has 0 unspecified atom stereocenters. The molecule has 2 aromatic heterocycles. The molecule has 2 heterocycles. The lowest BCUT2D eigenvalue weighted by Gasteiger charge is -2.19. The molecule has 0 aliphatic carbocycles. The molecule has 22 heavy (non-hydrogen) atoms. The van der Waals surface area contributed by atoms with Gasteiger partial charge in [-0.05, 0) is 38.5 Å². The van der Waals surface area contributed by atoms with E-state index in [0.29, 0.717) is 5.65 Å². The molecule has 0 saturated heterocycles. The standard InChI is InChI=1S/C15H17N3O4/c1-9-4-5-18-11(6-9)16-7-10(13(18)20)12(19)17-8-15(2,3)14(21)22/h4-7H,8H2,1-3H3,(H,17,19)(H,21,22). The Morgan fingerprint density at radius 3 is 2.73 bits per heavy atom. The molecule has 2 N–H and O–H groups in total. The number of carbonyl (C=O) groups is 2. The summed E-state index contributed by atoms with van der Waals surface area (Å²) in [5.74, 6) is -1.67. The Hall–Kier alpha value is -2.70. The van der Waals surface area contributed by atoms with Gasteiger partial charge in [-0.25, -0.2) is 4.98 Å². The fraction of sp³-hybridized carbons (Fsp3) is 0.333. The maximum atomic E-state index is 12.3. The van der Waals surface area contributed by atoms with Crippen LogP contribution in [0.1, 0.15) is 29.8 Å². The first-order valence-corrected chi connectivity index (χ1v) is 6.72. The van der Waals surface area contributed by atoms with Crippen molar-refractivity contribution in [2.75, 3.05) is 6.54 Å². The van der Waals surface area contributed by atoms with Gasteiger partial charge in [-0.3, -0.25) is 18.8 Å². The van der Waals surface area contributed by atoms with E-state index in [9.17, 15) is 14.4 Å². The Balaban J connectivity index is 2.30. The zero-order valence-corrected chi connectivity index (χ0v) is 12.6. The number of aliphatic carboxylic acids is 1. The SMILES string of the molecule is Cc1ccn2c(=O)c(C(=O)NCC(C)(C)C(=O)O)cnc2c1. The van der Waals surface area contributed by atoms with Crippen molar-refractivity contribution in [3.63, 3.8) is 0 Å². The molecule has 0 spiro atoms. The topological polar surface area (TPSA) is 101 Å². The van der Waals surface area contributed by atoms with E-state index in [1.54, 1.807) is 18.3 Å². The van der Waals surface area contributed by atoms with Crippen LogP contribution in [-0.4, -0.2) is 32.9 Å². The van der Waals surface area contributed by atoms with Gasteiger partial charge in [-0.15, -0.1) is 0 Å². The van der Waals surface area contributed by atoms with Gasteiger partial charge in [0.15, 0.2) is 0 Å². The summed E-state index contributed by atoms with van der Waals surface area (Å²) in [7, 11) is 0. The fourth-order valence-corrected chi connectivity index (χ4v) is 1.80. The fourth-order valence-electron chi connectivity index (χ4n) is 1.80. The lowest BCUT2D eigenvalue weighted by molar-refractivity contribution is -0.146. The molecule has 0 aliphatic rings. The van der Waals surface area contributed by atoms with E-state index < -0.39 is 22.9 Å². The quantitative estimate of drug-likeness (QED) is 0.871. The Bertz CT molecular complexity index is 808. The molecule has 0 bridgehead atoms. The maximum Gasteiger partial charge on any atom is 0.310 e. The Labute approximate surface area is 126 Å². The second-order valence-corrected chi connectivity index (χ2v) is 5.78. The van der Waals surface area contributed by atoms with E-state index in [4.69, 9.17) is 5.11 Å². The number of carbonyl (C=O) groups excluding carboxylic acids is 1. The number of rotatable bonds is 4. The van der Waals surface area contributed by atoms with Crippen molar-refractivity contribution in [3.05, 3.63) is 46.0 Å². The molecule has 7 nitrogen and oxygen atoms in total. The molecular weight excluding hydrogens is 286 g/mol. The van der Waals surface area contributed by atoms with Gasteiger partial charge >= 0.3 is 5.97 Å². The summed E-state index contributed by atoms with van der Waals surface area (Å²) in [4.78, 5) is 39.5. The number of amides is 1. The highest BCUT2D eigenvalue weighted by Crippen LogP contribution is 2.13. The number of nitrogens with zero attached hydrogens (tertiary/aromatic N) is 2. The minimum absolute atomic E-state index is 0.0861. The van der Waals surface area contributed by atoms with Gasteiger partial charge in [0.05, 0.1) is 5.41 Å². The van der Waals surface area contributed by atoms with Crippen LogP contribution in [0.3, 0.4) is 0 Å². The average Bonchev–Trinajstić information content (AvgIpc) is 2.45. The summed E-state index contributed by atoms with van der Waals surface area (Å²) in [6, 6.07) is 3.47. The number of nitrogens with one attached hydrogen (secondary N) is 1. The zero-order valence-electron chi connectivity index (χ0n) is 12.6. The summed E-state index contributed by atoms with van der Waals surface area (Å²) >= 11 is 0. The zero-order chi connectivity index (χ0) is 16.5. The summed E-state index contributed by atoms with van der Waals surface area (Å²) in [5.41, 5.74) is -0.328. The largest absolute Gasteiger partial charge is 0.481 e. The van der Waals surface area contributed by atoms with E-state index in [0.717, 1.165) is 5.56 Å². The van der Waals surface area contributed by atoms with Gasteiger partial charge in [0.25, 0.3) is 11.5 Å². The van der Waals surface area contributed by atoms with Gasteiger partial charge in [0.1, 0.15) is 11.2 Å². The van der Waals surface area contributed by atoms with Crippen LogP contribution in [0, 0.1) is 12.3 Å². The van der Waals surface area contributed by atoms with Crippen molar-refractivity contribution in [2.24, 2.45) is 5.41 Å².